The van der Waals surface area contributed by atoms with Crippen molar-refractivity contribution in [1.29, 1.82) is 0 Å². The molecule has 4 heteroatoms. The van der Waals surface area contributed by atoms with Crippen LogP contribution in [-0.2, 0) is 11.3 Å². The van der Waals surface area contributed by atoms with E-state index in [2.05, 4.69) is 13.0 Å². The average Bonchev–Trinajstić information content (AvgIpc) is 2.68. The lowest BCUT2D eigenvalue weighted by Gasteiger charge is -2.11. The Labute approximate surface area is 153 Å². The van der Waals surface area contributed by atoms with Gasteiger partial charge in [-0.15, -0.1) is 0 Å². The second kappa shape index (κ2) is 8.72. The lowest BCUT2D eigenvalue weighted by molar-refractivity contribution is 0.0153. The van der Waals surface area contributed by atoms with Crippen molar-refractivity contribution < 1.29 is 19.0 Å². The summed E-state index contributed by atoms with van der Waals surface area (Å²) in [4.78, 5) is 11.9. The fourth-order valence-corrected chi connectivity index (χ4v) is 2.40. The molecule has 0 amide bonds. The molecule has 0 spiro atoms. The molecule has 0 aliphatic rings. The van der Waals surface area contributed by atoms with Crippen molar-refractivity contribution in [3.8, 4) is 11.5 Å². The van der Waals surface area contributed by atoms with Crippen molar-refractivity contribution in [3.05, 3.63) is 95.6 Å². The topological polar surface area (TPSA) is 44.8 Å². The van der Waals surface area contributed by atoms with Crippen LogP contribution in [0.3, 0.4) is 0 Å². The molecule has 0 unspecified atom stereocenters. The van der Waals surface area contributed by atoms with Crippen LogP contribution < -0.4 is 9.47 Å². The van der Waals surface area contributed by atoms with Gasteiger partial charge in [0.2, 0.25) is 6.79 Å². The third kappa shape index (κ3) is 4.86. The molecule has 0 bridgehead atoms. The summed E-state index contributed by atoms with van der Waals surface area (Å²) < 4.78 is 16.4. The van der Waals surface area contributed by atoms with Crippen molar-refractivity contribution in [1.82, 2.24) is 0 Å². The van der Waals surface area contributed by atoms with E-state index in [0.29, 0.717) is 23.7 Å². The Hall–Kier alpha value is -3.27. The molecule has 0 fully saturated rings. The molecule has 3 aromatic rings. The van der Waals surface area contributed by atoms with Crippen LogP contribution in [0.5, 0.6) is 11.5 Å². The van der Waals surface area contributed by atoms with E-state index in [4.69, 9.17) is 14.2 Å². The number of hydrogen-bond acceptors (Lipinski definition) is 4. The summed E-state index contributed by atoms with van der Waals surface area (Å²) in [7, 11) is 0. The second-order valence-corrected chi connectivity index (χ2v) is 5.75. The second-order valence-electron chi connectivity index (χ2n) is 5.75. The smallest absolute Gasteiger partial charge is 0.340 e. The van der Waals surface area contributed by atoms with E-state index >= 15 is 0 Å². The first-order valence-electron chi connectivity index (χ1n) is 8.35. The maximum absolute atomic E-state index is 11.9. The number of carbonyl (C=O) groups excluding carboxylic acids is 1. The highest BCUT2D eigenvalue weighted by molar-refractivity contribution is 5.89. The van der Waals surface area contributed by atoms with Crippen LogP contribution in [0.2, 0.25) is 0 Å². The molecule has 4 nitrogen and oxygen atoms in total. The molecule has 132 valence electrons. The van der Waals surface area contributed by atoms with Gasteiger partial charge in [0.25, 0.3) is 0 Å². The summed E-state index contributed by atoms with van der Waals surface area (Å²) in [5.41, 5.74) is 2.81. The summed E-state index contributed by atoms with van der Waals surface area (Å²) in [6, 6.07) is 24.2. The summed E-state index contributed by atoms with van der Waals surface area (Å²) >= 11 is 0. The summed E-state index contributed by atoms with van der Waals surface area (Å²) in [6.45, 7) is 2.38. The molecule has 26 heavy (non-hydrogen) atoms. The Morgan fingerprint density at radius 1 is 0.808 bits per heavy atom. The normalized spacial score (nSPS) is 10.2. The molecule has 0 aliphatic carbocycles. The molecule has 0 N–H and O–H groups in total. The molecule has 0 heterocycles. The number of rotatable bonds is 7. The van der Waals surface area contributed by atoms with E-state index in [1.165, 1.54) is 5.56 Å². The van der Waals surface area contributed by atoms with E-state index < -0.39 is 5.97 Å². The molecule has 0 atom stereocenters. The molecule has 3 aromatic carbocycles. The average molecular weight is 348 g/mol. The van der Waals surface area contributed by atoms with Crippen molar-refractivity contribution in [2.75, 3.05) is 6.79 Å². The van der Waals surface area contributed by atoms with Crippen LogP contribution in [0.15, 0.2) is 78.9 Å². The van der Waals surface area contributed by atoms with Gasteiger partial charge in [-0.2, -0.15) is 0 Å². The van der Waals surface area contributed by atoms with Gasteiger partial charge in [-0.05, 0) is 42.3 Å². The highest BCUT2D eigenvalue weighted by Crippen LogP contribution is 2.21. The number of carbonyl (C=O) groups is 1. The van der Waals surface area contributed by atoms with E-state index in [-0.39, 0.29) is 6.79 Å². The zero-order chi connectivity index (χ0) is 18.2. The fourth-order valence-electron chi connectivity index (χ4n) is 2.40. The maximum atomic E-state index is 11.9. The summed E-state index contributed by atoms with van der Waals surface area (Å²) in [5, 5.41) is 0. The van der Waals surface area contributed by atoms with Gasteiger partial charge in [-0.1, -0.05) is 48.5 Å². The first-order chi connectivity index (χ1) is 12.7. The predicted molar refractivity (Wildman–Crippen MR) is 99.3 cm³/mol. The van der Waals surface area contributed by atoms with Gasteiger partial charge < -0.3 is 14.2 Å². The lowest BCUT2D eigenvalue weighted by Crippen LogP contribution is -2.10. The highest BCUT2D eigenvalue weighted by atomic mass is 16.7. The summed E-state index contributed by atoms with van der Waals surface area (Å²) in [6.07, 6.45) is 0. The van der Waals surface area contributed by atoms with E-state index in [1.54, 1.807) is 36.4 Å². The summed E-state index contributed by atoms with van der Waals surface area (Å²) in [5.74, 6) is 0.853. The first kappa shape index (κ1) is 17.5. The Balaban J connectivity index is 1.51. The van der Waals surface area contributed by atoms with E-state index in [0.717, 1.165) is 5.56 Å². The number of esters is 1. The number of benzene rings is 3. The molecule has 0 saturated carbocycles. The van der Waals surface area contributed by atoms with Gasteiger partial charge in [-0.25, -0.2) is 4.79 Å². The third-order valence-electron chi connectivity index (χ3n) is 3.89. The maximum Gasteiger partial charge on any atom is 0.340 e. The number of hydrogen-bond donors (Lipinski definition) is 0. The molecule has 3 rings (SSSR count). The van der Waals surface area contributed by atoms with Crippen molar-refractivity contribution in [2.24, 2.45) is 0 Å². The van der Waals surface area contributed by atoms with Gasteiger partial charge in [0.05, 0.1) is 5.56 Å². The lowest BCUT2D eigenvalue weighted by atomic mass is 10.1. The molecule has 0 aliphatic heterocycles. The Morgan fingerprint density at radius 3 is 2.27 bits per heavy atom. The molecular formula is C22H20O4. The van der Waals surface area contributed by atoms with Gasteiger partial charge >= 0.3 is 5.97 Å². The van der Waals surface area contributed by atoms with Crippen LogP contribution >= 0.6 is 0 Å². The minimum Gasteiger partial charge on any atom is -0.489 e. The quantitative estimate of drug-likeness (QED) is 0.456. The minimum absolute atomic E-state index is 0.158. The van der Waals surface area contributed by atoms with Crippen molar-refractivity contribution in [3.63, 3.8) is 0 Å². The molecular weight excluding hydrogens is 328 g/mol. The van der Waals surface area contributed by atoms with Gasteiger partial charge in [0.1, 0.15) is 18.1 Å². The number of aryl methyl sites for hydroxylation is 1. The SMILES string of the molecule is Cc1ccccc1COc1cccc(OCOC(=O)c2ccccc2)c1. The standard InChI is InChI=1S/C22H20O4/c1-17-8-5-6-11-19(17)15-24-20-12-7-13-21(14-20)25-16-26-22(23)18-9-3-2-4-10-18/h2-14H,15-16H2,1H3. The first-order valence-corrected chi connectivity index (χ1v) is 8.35. The van der Waals surface area contributed by atoms with Crippen LogP contribution in [0.25, 0.3) is 0 Å². The Kier molecular flexibility index (Phi) is 5.88. The zero-order valence-corrected chi connectivity index (χ0v) is 14.6. The van der Waals surface area contributed by atoms with Gasteiger partial charge in [-0.3, -0.25) is 0 Å². The Morgan fingerprint density at radius 2 is 1.50 bits per heavy atom. The fraction of sp³-hybridized carbons (Fsp3) is 0.136. The van der Waals surface area contributed by atoms with Crippen LogP contribution in [0.1, 0.15) is 21.5 Å². The molecule has 0 aromatic heterocycles. The molecule has 0 radical (unpaired) electrons. The van der Waals surface area contributed by atoms with E-state index in [9.17, 15) is 4.79 Å². The minimum atomic E-state index is -0.419. The molecule has 0 saturated heterocycles. The van der Waals surface area contributed by atoms with Crippen LogP contribution in [-0.4, -0.2) is 12.8 Å². The predicted octanol–water partition coefficient (Wildman–Crippen LogP) is 4.77. The largest absolute Gasteiger partial charge is 0.489 e. The van der Waals surface area contributed by atoms with Crippen molar-refractivity contribution in [2.45, 2.75) is 13.5 Å². The van der Waals surface area contributed by atoms with Crippen LogP contribution in [0, 0.1) is 6.92 Å². The number of ether oxygens (including phenoxy) is 3. The monoisotopic (exact) mass is 348 g/mol. The Bertz CT molecular complexity index is 859. The van der Waals surface area contributed by atoms with E-state index in [1.807, 2.05) is 36.4 Å². The third-order valence-corrected chi connectivity index (χ3v) is 3.89. The van der Waals surface area contributed by atoms with Crippen molar-refractivity contribution >= 4 is 5.97 Å². The zero-order valence-electron chi connectivity index (χ0n) is 14.6. The van der Waals surface area contributed by atoms with Gasteiger partial charge in [0, 0.05) is 6.07 Å². The van der Waals surface area contributed by atoms with Gasteiger partial charge in [0.15, 0.2) is 0 Å². The van der Waals surface area contributed by atoms with Crippen LogP contribution in [0.4, 0.5) is 0 Å². The highest BCUT2D eigenvalue weighted by Gasteiger charge is 2.06.